The zero-order valence-corrected chi connectivity index (χ0v) is 15.8. The van der Waals surface area contributed by atoms with Crippen molar-refractivity contribution in [3.05, 3.63) is 53.9 Å². The van der Waals surface area contributed by atoms with Crippen LogP contribution < -0.4 is 9.64 Å². The Morgan fingerprint density at radius 3 is 2.83 bits per heavy atom. The summed E-state index contributed by atoms with van der Waals surface area (Å²) in [4.78, 5) is 20.6. The molecule has 2 aromatic carbocycles. The van der Waals surface area contributed by atoms with Gasteiger partial charge in [0.05, 0.1) is 29.7 Å². The molecule has 4 rings (SSSR count). The Morgan fingerprint density at radius 2 is 2.07 bits per heavy atom. The van der Waals surface area contributed by atoms with Crippen LogP contribution in [0, 0.1) is 11.6 Å². The molecule has 0 unspecified atom stereocenters. The molecule has 1 N–H and O–H groups in total. The molecule has 3 aromatic rings. The summed E-state index contributed by atoms with van der Waals surface area (Å²) in [6, 6.07) is 6.46. The number of hydrogen-bond acceptors (Lipinski definition) is 4. The van der Waals surface area contributed by atoms with Gasteiger partial charge in [-0.05, 0) is 37.3 Å². The lowest BCUT2D eigenvalue weighted by Crippen LogP contribution is -2.28. The highest BCUT2D eigenvalue weighted by Gasteiger charge is 2.38. The number of cyclic esters (lactones) is 1. The molecule has 158 valence electrons. The van der Waals surface area contributed by atoms with E-state index in [-0.39, 0.29) is 12.2 Å². The molecule has 6 nitrogen and oxygen atoms in total. The van der Waals surface area contributed by atoms with E-state index in [0.29, 0.717) is 18.1 Å². The highest BCUT2D eigenvalue weighted by molar-refractivity contribution is 5.93. The van der Waals surface area contributed by atoms with Crippen molar-refractivity contribution in [2.45, 2.75) is 25.3 Å². The minimum Gasteiger partial charge on any atom is -0.490 e. The molecule has 0 aliphatic carbocycles. The smallest absolute Gasteiger partial charge is 0.415 e. The maximum absolute atomic E-state index is 14.8. The minimum absolute atomic E-state index is 0.117. The van der Waals surface area contributed by atoms with Crippen LogP contribution in [0.5, 0.6) is 5.75 Å². The van der Waals surface area contributed by atoms with E-state index >= 15 is 0 Å². The number of rotatable bonds is 6. The largest absolute Gasteiger partial charge is 0.490 e. The van der Waals surface area contributed by atoms with E-state index in [9.17, 15) is 22.4 Å². The summed E-state index contributed by atoms with van der Waals surface area (Å²) in [5.41, 5.74) is 1.63. The normalized spacial score (nSPS) is 16.9. The van der Waals surface area contributed by atoms with Crippen molar-refractivity contribution in [1.82, 2.24) is 9.97 Å². The minimum atomic E-state index is -2.98. The number of aromatic amines is 1. The second-order valence-corrected chi connectivity index (χ2v) is 7.02. The second-order valence-electron chi connectivity index (χ2n) is 7.02. The summed E-state index contributed by atoms with van der Waals surface area (Å²) in [6.45, 7) is 0.0541. The van der Waals surface area contributed by atoms with Gasteiger partial charge < -0.3 is 14.5 Å². The van der Waals surface area contributed by atoms with Gasteiger partial charge in [0, 0.05) is 12.0 Å². The number of amides is 1. The van der Waals surface area contributed by atoms with Crippen molar-refractivity contribution in [2.24, 2.45) is 0 Å². The Balaban J connectivity index is 1.61. The zero-order valence-electron chi connectivity index (χ0n) is 15.8. The number of hydrogen-bond donors (Lipinski definition) is 1. The van der Waals surface area contributed by atoms with Gasteiger partial charge in [-0.3, -0.25) is 4.90 Å². The van der Waals surface area contributed by atoms with E-state index in [1.54, 1.807) is 18.2 Å². The second kappa shape index (κ2) is 7.51. The van der Waals surface area contributed by atoms with Crippen LogP contribution in [0.4, 0.5) is 28.0 Å². The van der Waals surface area contributed by atoms with E-state index in [0.717, 1.165) is 11.6 Å². The number of carbonyl (C=O) groups is 1. The first kappa shape index (κ1) is 20.0. The van der Waals surface area contributed by atoms with Crippen LogP contribution in [-0.4, -0.2) is 35.2 Å². The Kier molecular flexibility index (Phi) is 5.00. The molecular formula is C20H17F4N3O3. The molecule has 1 fully saturated rings. The fourth-order valence-electron chi connectivity index (χ4n) is 3.26. The molecule has 1 aliphatic heterocycles. The van der Waals surface area contributed by atoms with Crippen molar-refractivity contribution < 1.29 is 31.8 Å². The number of imidazole rings is 1. The predicted octanol–water partition coefficient (Wildman–Crippen LogP) is 4.96. The van der Waals surface area contributed by atoms with Crippen LogP contribution in [0.3, 0.4) is 0 Å². The van der Waals surface area contributed by atoms with E-state index in [1.165, 1.54) is 17.3 Å². The molecule has 0 saturated carbocycles. The highest BCUT2D eigenvalue weighted by Crippen LogP contribution is 2.37. The maximum Gasteiger partial charge on any atom is 0.415 e. The monoisotopic (exact) mass is 423 g/mol. The predicted molar refractivity (Wildman–Crippen MR) is 99.8 cm³/mol. The standard InChI is InChI=1S/C20H17F4N3O3/c1-20(23,24)6-7-29-16-5-3-12(17(21)18(16)22)15-9-30-19(28)27(15)11-2-4-13-14(8-11)26-10-25-13/h2-5,8,10,15H,6-7,9H2,1H3,(H,25,26)/t15-/m1/s1. The number of alkyl halides is 2. The van der Waals surface area contributed by atoms with Crippen LogP contribution in [0.2, 0.25) is 0 Å². The van der Waals surface area contributed by atoms with Crippen molar-refractivity contribution in [1.29, 1.82) is 0 Å². The summed E-state index contributed by atoms with van der Waals surface area (Å²) in [6.07, 6.45) is 0.154. The van der Waals surface area contributed by atoms with Crippen LogP contribution >= 0.6 is 0 Å². The molecular weight excluding hydrogens is 406 g/mol. The molecule has 0 bridgehead atoms. The summed E-state index contributed by atoms with van der Waals surface area (Å²) in [5, 5.41) is 0. The molecule has 1 aromatic heterocycles. The SMILES string of the molecule is CC(F)(F)CCOc1ccc([C@H]2COC(=O)N2c2ccc3[nH]cnc3c2)c(F)c1F. The van der Waals surface area contributed by atoms with Gasteiger partial charge in [-0.1, -0.05) is 0 Å². The Labute approximate surface area is 168 Å². The highest BCUT2D eigenvalue weighted by atomic mass is 19.3. The van der Waals surface area contributed by atoms with Crippen molar-refractivity contribution >= 4 is 22.8 Å². The summed E-state index contributed by atoms with van der Waals surface area (Å²) < 4.78 is 65.1. The van der Waals surface area contributed by atoms with Gasteiger partial charge in [0.15, 0.2) is 11.6 Å². The third-order valence-corrected chi connectivity index (χ3v) is 4.79. The molecule has 1 amide bonds. The Hall–Kier alpha value is -3.30. The third kappa shape index (κ3) is 3.77. The Bertz CT molecular complexity index is 1100. The Morgan fingerprint density at radius 1 is 1.27 bits per heavy atom. The fraction of sp³-hybridized carbons (Fsp3) is 0.300. The summed E-state index contributed by atoms with van der Waals surface area (Å²) in [5.74, 6) is -6.00. The first-order chi connectivity index (χ1) is 14.2. The number of H-pyrrole nitrogens is 1. The molecule has 2 heterocycles. The number of halogens is 4. The van der Waals surface area contributed by atoms with Crippen molar-refractivity contribution in [2.75, 3.05) is 18.1 Å². The van der Waals surface area contributed by atoms with Gasteiger partial charge in [-0.2, -0.15) is 4.39 Å². The van der Waals surface area contributed by atoms with Crippen LogP contribution in [0.15, 0.2) is 36.7 Å². The van der Waals surface area contributed by atoms with Gasteiger partial charge >= 0.3 is 6.09 Å². The lowest BCUT2D eigenvalue weighted by molar-refractivity contribution is 0.000417. The molecule has 0 radical (unpaired) electrons. The van der Waals surface area contributed by atoms with Gasteiger partial charge in [0.2, 0.25) is 11.7 Å². The zero-order chi connectivity index (χ0) is 21.5. The number of nitrogens with zero attached hydrogens (tertiary/aromatic N) is 2. The van der Waals surface area contributed by atoms with E-state index in [2.05, 4.69) is 9.97 Å². The number of nitrogens with one attached hydrogen (secondary N) is 1. The summed E-state index contributed by atoms with van der Waals surface area (Å²) in [7, 11) is 0. The maximum atomic E-state index is 14.8. The number of benzene rings is 2. The topological polar surface area (TPSA) is 67.5 Å². The average Bonchev–Trinajstić information content (AvgIpc) is 3.30. The molecule has 1 saturated heterocycles. The van der Waals surface area contributed by atoms with Crippen LogP contribution in [0.1, 0.15) is 24.9 Å². The van der Waals surface area contributed by atoms with Gasteiger partial charge in [-0.15, -0.1) is 0 Å². The first-order valence-electron chi connectivity index (χ1n) is 9.12. The number of aromatic nitrogens is 2. The molecule has 1 aliphatic rings. The lowest BCUT2D eigenvalue weighted by atomic mass is 10.0. The number of fused-ring (bicyclic) bond motifs is 1. The lowest BCUT2D eigenvalue weighted by Gasteiger charge is -2.22. The van der Waals surface area contributed by atoms with Gasteiger partial charge in [0.1, 0.15) is 12.6 Å². The number of anilines is 1. The van der Waals surface area contributed by atoms with E-state index in [4.69, 9.17) is 9.47 Å². The van der Waals surface area contributed by atoms with E-state index in [1.807, 2.05) is 0 Å². The van der Waals surface area contributed by atoms with Gasteiger partial charge in [0.25, 0.3) is 0 Å². The molecule has 30 heavy (non-hydrogen) atoms. The molecule has 10 heteroatoms. The molecule has 0 spiro atoms. The quantitative estimate of drug-likeness (QED) is 0.569. The molecule has 1 atom stereocenters. The van der Waals surface area contributed by atoms with E-state index < -0.39 is 48.5 Å². The number of carbonyl (C=O) groups excluding carboxylic acids is 1. The first-order valence-corrected chi connectivity index (χ1v) is 9.12. The third-order valence-electron chi connectivity index (χ3n) is 4.79. The van der Waals surface area contributed by atoms with Crippen molar-refractivity contribution in [3.8, 4) is 5.75 Å². The average molecular weight is 423 g/mol. The van der Waals surface area contributed by atoms with Crippen molar-refractivity contribution in [3.63, 3.8) is 0 Å². The number of ether oxygens (including phenoxy) is 2. The van der Waals surface area contributed by atoms with Gasteiger partial charge in [-0.25, -0.2) is 22.9 Å². The van der Waals surface area contributed by atoms with Crippen LogP contribution in [-0.2, 0) is 4.74 Å². The fourth-order valence-corrected chi connectivity index (χ4v) is 3.26. The summed E-state index contributed by atoms with van der Waals surface area (Å²) >= 11 is 0. The van der Waals surface area contributed by atoms with Crippen LogP contribution in [0.25, 0.3) is 11.0 Å².